The minimum absolute atomic E-state index is 0.0140. The molecule has 0 radical (unpaired) electrons. The van der Waals surface area contributed by atoms with Crippen molar-refractivity contribution in [2.45, 2.75) is 37.6 Å². The second-order valence-corrected chi connectivity index (χ2v) is 7.02. The number of ether oxygens (including phenoxy) is 2. The van der Waals surface area contributed by atoms with Crippen LogP contribution in [0.15, 0.2) is 28.8 Å². The zero-order chi connectivity index (χ0) is 15.2. The third-order valence-corrected chi connectivity index (χ3v) is 5.62. The fourth-order valence-corrected chi connectivity index (χ4v) is 4.24. The van der Waals surface area contributed by atoms with Gasteiger partial charge in [-0.2, -0.15) is 0 Å². The molecule has 0 saturated carbocycles. The van der Waals surface area contributed by atoms with E-state index in [0.717, 1.165) is 53.8 Å². The highest BCUT2D eigenvalue weighted by Gasteiger charge is 2.42. The van der Waals surface area contributed by atoms with Gasteiger partial charge < -0.3 is 14.4 Å². The van der Waals surface area contributed by atoms with Gasteiger partial charge in [-0.3, -0.25) is 4.79 Å². The van der Waals surface area contributed by atoms with E-state index in [0.29, 0.717) is 6.42 Å². The van der Waals surface area contributed by atoms with Crippen molar-refractivity contribution >= 4 is 21.8 Å². The molecule has 1 amide bonds. The Balaban J connectivity index is 1.56. The number of nitrogens with zero attached hydrogens (tertiary/aromatic N) is 1. The summed E-state index contributed by atoms with van der Waals surface area (Å²) in [5.41, 5.74) is 0.943. The van der Waals surface area contributed by atoms with Crippen LogP contribution in [-0.2, 0) is 11.2 Å². The van der Waals surface area contributed by atoms with Gasteiger partial charge in [0, 0.05) is 11.0 Å². The smallest absolute Gasteiger partial charge is 0.231 e. The Hall–Kier alpha value is -1.49. The van der Waals surface area contributed by atoms with E-state index in [1.165, 1.54) is 0 Å². The standard InChI is InChI=1S/C17H18BrNO3/c18-13-10-15-14(21-11-22-15)8-12(13)9-16(20)19-7-3-6-17(19)4-1-2-5-17/h1,4,8,10H,2-3,5-7,9,11H2. The van der Waals surface area contributed by atoms with Gasteiger partial charge in [0.05, 0.1) is 12.0 Å². The normalized spacial score (nSPS) is 25.4. The highest BCUT2D eigenvalue weighted by Crippen LogP contribution is 2.40. The first-order valence-electron chi connectivity index (χ1n) is 7.74. The summed E-state index contributed by atoms with van der Waals surface area (Å²) >= 11 is 3.54. The lowest BCUT2D eigenvalue weighted by Crippen LogP contribution is -2.45. The van der Waals surface area contributed by atoms with Gasteiger partial charge in [-0.25, -0.2) is 0 Å². The number of rotatable bonds is 2. The molecule has 1 fully saturated rings. The fraction of sp³-hybridized carbons (Fsp3) is 0.471. The van der Waals surface area contributed by atoms with Crippen molar-refractivity contribution in [3.63, 3.8) is 0 Å². The van der Waals surface area contributed by atoms with Crippen molar-refractivity contribution in [1.29, 1.82) is 0 Å². The van der Waals surface area contributed by atoms with Crippen LogP contribution in [0.3, 0.4) is 0 Å². The first kappa shape index (κ1) is 14.1. The summed E-state index contributed by atoms with van der Waals surface area (Å²) < 4.78 is 11.7. The van der Waals surface area contributed by atoms with Crippen LogP contribution in [0, 0.1) is 0 Å². The van der Waals surface area contributed by atoms with Gasteiger partial charge >= 0.3 is 0 Å². The molecular formula is C17H18BrNO3. The molecule has 4 nitrogen and oxygen atoms in total. The maximum atomic E-state index is 12.8. The number of benzene rings is 1. The molecule has 1 aromatic rings. The molecule has 1 unspecified atom stereocenters. The van der Waals surface area contributed by atoms with Crippen LogP contribution in [0.2, 0.25) is 0 Å². The van der Waals surface area contributed by atoms with Crippen LogP contribution >= 0.6 is 15.9 Å². The molecule has 4 rings (SSSR count). The van der Waals surface area contributed by atoms with E-state index in [9.17, 15) is 4.79 Å². The molecule has 2 heterocycles. The molecule has 22 heavy (non-hydrogen) atoms. The van der Waals surface area contributed by atoms with Gasteiger partial charge in [0.25, 0.3) is 0 Å². The molecule has 1 atom stereocenters. The van der Waals surface area contributed by atoms with Crippen molar-refractivity contribution in [2.24, 2.45) is 0 Å². The average molecular weight is 364 g/mol. The van der Waals surface area contributed by atoms with E-state index < -0.39 is 0 Å². The Morgan fingerprint density at radius 2 is 2.09 bits per heavy atom. The molecule has 0 N–H and O–H groups in total. The monoisotopic (exact) mass is 363 g/mol. The van der Waals surface area contributed by atoms with Crippen molar-refractivity contribution in [3.05, 3.63) is 34.3 Å². The molecule has 1 spiro atoms. The number of allylic oxidation sites excluding steroid dienone is 1. The molecule has 5 heteroatoms. The average Bonchev–Trinajstić information content (AvgIpc) is 3.22. The van der Waals surface area contributed by atoms with Gasteiger partial charge in [-0.05, 0) is 43.4 Å². The van der Waals surface area contributed by atoms with Crippen LogP contribution < -0.4 is 9.47 Å². The minimum Gasteiger partial charge on any atom is -0.454 e. The molecule has 1 aliphatic carbocycles. The lowest BCUT2D eigenvalue weighted by molar-refractivity contribution is -0.133. The summed E-state index contributed by atoms with van der Waals surface area (Å²) in [6.07, 6.45) is 9.19. The highest BCUT2D eigenvalue weighted by atomic mass is 79.9. The van der Waals surface area contributed by atoms with Crippen LogP contribution in [0.1, 0.15) is 31.2 Å². The summed E-state index contributed by atoms with van der Waals surface area (Å²) in [6.45, 7) is 1.12. The Labute approximate surface area is 138 Å². The van der Waals surface area contributed by atoms with E-state index in [2.05, 4.69) is 33.0 Å². The maximum absolute atomic E-state index is 12.8. The van der Waals surface area contributed by atoms with Crippen LogP contribution in [0.4, 0.5) is 0 Å². The zero-order valence-corrected chi connectivity index (χ0v) is 13.9. The van der Waals surface area contributed by atoms with Crippen LogP contribution in [-0.4, -0.2) is 29.7 Å². The first-order valence-corrected chi connectivity index (χ1v) is 8.53. The number of likely N-dealkylation sites (tertiary alicyclic amines) is 1. The zero-order valence-electron chi connectivity index (χ0n) is 12.3. The van der Waals surface area contributed by atoms with E-state index in [4.69, 9.17) is 9.47 Å². The molecule has 1 aromatic carbocycles. The molecule has 0 aromatic heterocycles. The molecule has 2 aliphatic heterocycles. The number of hydrogen-bond acceptors (Lipinski definition) is 3. The number of fused-ring (bicyclic) bond motifs is 1. The largest absolute Gasteiger partial charge is 0.454 e. The number of amides is 1. The van der Waals surface area contributed by atoms with Crippen molar-refractivity contribution < 1.29 is 14.3 Å². The van der Waals surface area contributed by atoms with E-state index in [-0.39, 0.29) is 18.2 Å². The Morgan fingerprint density at radius 1 is 1.27 bits per heavy atom. The van der Waals surface area contributed by atoms with Crippen molar-refractivity contribution in [3.8, 4) is 11.5 Å². The van der Waals surface area contributed by atoms with Gasteiger partial charge in [0.1, 0.15) is 0 Å². The molecule has 116 valence electrons. The number of halogens is 1. The Bertz CT molecular complexity index is 658. The molecule has 3 aliphatic rings. The van der Waals surface area contributed by atoms with Crippen LogP contribution in [0.25, 0.3) is 0 Å². The number of carbonyl (C=O) groups is 1. The summed E-state index contributed by atoms with van der Waals surface area (Å²) in [4.78, 5) is 14.9. The lowest BCUT2D eigenvalue weighted by atomic mass is 9.95. The van der Waals surface area contributed by atoms with Crippen molar-refractivity contribution in [1.82, 2.24) is 4.90 Å². The molecule has 0 bridgehead atoms. The van der Waals surface area contributed by atoms with Crippen LogP contribution in [0.5, 0.6) is 11.5 Å². The van der Waals surface area contributed by atoms with E-state index in [1.807, 2.05) is 12.1 Å². The second-order valence-electron chi connectivity index (χ2n) is 6.17. The minimum atomic E-state index is -0.0140. The third-order valence-electron chi connectivity index (χ3n) is 4.89. The Morgan fingerprint density at radius 3 is 2.86 bits per heavy atom. The highest BCUT2D eigenvalue weighted by molar-refractivity contribution is 9.10. The second kappa shape index (κ2) is 5.30. The predicted octanol–water partition coefficient (Wildman–Crippen LogP) is 3.43. The van der Waals surface area contributed by atoms with Crippen molar-refractivity contribution in [2.75, 3.05) is 13.3 Å². The van der Waals surface area contributed by atoms with Gasteiger partial charge in [-0.15, -0.1) is 0 Å². The summed E-state index contributed by atoms with van der Waals surface area (Å²) in [6, 6.07) is 3.80. The first-order chi connectivity index (χ1) is 10.7. The molecular weight excluding hydrogens is 346 g/mol. The van der Waals surface area contributed by atoms with Gasteiger partial charge in [-0.1, -0.05) is 28.1 Å². The quantitative estimate of drug-likeness (QED) is 0.755. The third kappa shape index (κ3) is 2.22. The fourth-order valence-electron chi connectivity index (χ4n) is 3.78. The number of carbonyl (C=O) groups excluding carboxylic acids is 1. The summed E-state index contributed by atoms with van der Waals surface area (Å²) in [7, 11) is 0. The lowest BCUT2D eigenvalue weighted by Gasteiger charge is -2.34. The Kier molecular flexibility index (Phi) is 3.40. The summed E-state index contributed by atoms with van der Waals surface area (Å²) in [5, 5.41) is 0. The van der Waals surface area contributed by atoms with Gasteiger partial charge in [0.2, 0.25) is 12.7 Å². The topological polar surface area (TPSA) is 38.8 Å². The van der Waals surface area contributed by atoms with Gasteiger partial charge in [0.15, 0.2) is 11.5 Å². The molecule has 1 saturated heterocycles. The number of hydrogen-bond donors (Lipinski definition) is 0. The summed E-state index contributed by atoms with van der Waals surface area (Å²) in [5.74, 6) is 1.66. The van der Waals surface area contributed by atoms with E-state index in [1.54, 1.807) is 0 Å². The predicted molar refractivity (Wildman–Crippen MR) is 86.0 cm³/mol. The van der Waals surface area contributed by atoms with E-state index >= 15 is 0 Å². The SMILES string of the molecule is O=C(Cc1cc2c(cc1Br)OCO2)N1CCCC12C=CCC2. The maximum Gasteiger partial charge on any atom is 0.231 e.